The van der Waals surface area contributed by atoms with Crippen LogP contribution in [0.3, 0.4) is 0 Å². The van der Waals surface area contributed by atoms with Crippen molar-refractivity contribution in [1.82, 2.24) is 5.32 Å². The molecule has 1 aliphatic heterocycles. The molecule has 0 radical (unpaired) electrons. The van der Waals surface area contributed by atoms with Gasteiger partial charge in [-0.25, -0.2) is 0 Å². The summed E-state index contributed by atoms with van der Waals surface area (Å²) in [6, 6.07) is 9.28. The molecule has 1 saturated heterocycles. The number of piperazine rings is 1. The Morgan fingerprint density at radius 3 is 2.50 bits per heavy atom. The van der Waals surface area contributed by atoms with Gasteiger partial charge in [-0.2, -0.15) is 0 Å². The largest absolute Gasteiger partial charge is 0.376 e. The fourth-order valence-corrected chi connectivity index (χ4v) is 3.03. The lowest BCUT2D eigenvalue weighted by atomic mass is 9.92. The maximum Gasteiger partial charge on any atom is 0.0607 e. The molecular weight excluding hydrogens is 246 g/mol. The highest BCUT2D eigenvalue weighted by Crippen LogP contribution is 2.33. The first-order valence-corrected chi connectivity index (χ1v) is 7.60. The molecule has 1 unspecified atom stereocenters. The Morgan fingerprint density at radius 1 is 1.25 bits per heavy atom. The lowest BCUT2D eigenvalue weighted by Gasteiger charge is -2.48. The molecule has 1 N–H and O–H groups in total. The number of rotatable bonds is 3. The molecular formula is C17H29N3. The predicted octanol–water partition coefficient (Wildman–Crippen LogP) is 2.97. The third-order valence-electron chi connectivity index (χ3n) is 4.20. The van der Waals surface area contributed by atoms with Crippen LogP contribution < -0.4 is 15.1 Å². The van der Waals surface area contributed by atoms with Gasteiger partial charge in [0.05, 0.1) is 11.4 Å². The summed E-state index contributed by atoms with van der Waals surface area (Å²) < 4.78 is 0. The van der Waals surface area contributed by atoms with Crippen molar-refractivity contribution in [2.45, 2.75) is 39.3 Å². The molecule has 1 fully saturated rings. The van der Waals surface area contributed by atoms with E-state index < -0.39 is 0 Å². The summed E-state index contributed by atoms with van der Waals surface area (Å²) >= 11 is 0. The second kappa shape index (κ2) is 5.65. The van der Waals surface area contributed by atoms with Gasteiger partial charge >= 0.3 is 0 Å². The number of anilines is 2. The summed E-state index contributed by atoms with van der Waals surface area (Å²) in [4.78, 5) is 4.80. The minimum absolute atomic E-state index is 0.158. The Morgan fingerprint density at radius 2 is 1.90 bits per heavy atom. The first-order chi connectivity index (χ1) is 9.32. The van der Waals surface area contributed by atoms with Gasteiger partial charge in [-0.1, -0.05) is 26.0 Å². The van der Waals surface area contributed by atoms with Crippen molar-refractivity contribution >= 4 is 11.4 Å². The molecule has 0 amide bonds. The molecule has 0 aromatic heterocycles. The Balaban J connectivity index is 2.40. The maximum atomic E-state index is 3.68. The van der Waals surface area contributed by atoms with Gasteiger partial charge in [0.15, 0.2) is 0 Å². The SMILES string of the molecule is CC(C)C1CNC(C)(C)CN1c1ccccc1N(C)C. The highest BCUT2D eigenvalue weighted by Gasteiger charge is 2.35. The third kappa shape index (κ3) is 3.09. The van der Waals surface area contributed by atoms with Gasteiger partial charge in [0, 0.05) is 38.8 Å². The van der Waals surface area contributed by atoms with Crippen LogP contribution in [0.5, 0.6) is 0 Å². The molecule has 2 rings (SSSR count). The quantitative estimate of drug-likeness (QED) is 0.915. The van der Waals surface area contributed by atoms with Crippen LogP contribution in [-0.2, 0) is 0 Å². The predicted molar refractivity (Wildman–Crippen MR) is 88.8 cm³/mol. The van der Waals surface area contributed by atoms with Gasteiger partial charge < -0.3 is 15.1 Å². The van der Waals surface area contributed by atoms with E-state index in [0.29, 0.717) is 12.0 Å². The summed E-state index contributed by atoms with van der Waals surface area (Å²) in [5.41, 5.74) is 2.81. The number of para-hydroxylation sites is 2. The number of nitrogens with zero attached hydrogens (tertiary/aromatic N) is 2. The molecule has 0 bridgehead atoms. The molecule has 0 spiro atoms. The molecule has 1 aromatic carbocycles. The van der Waals surface area contributed by atoms with E-state index >= 15 is 0 Å². The zero-order valence-corrected chi connectivity index (χ0v) is 13.8. The molecule has 1 heterocycles. The van der Waals surface area contributed by atoms with Gasteiger partial charge in [-0.15, -0.1) is 0 Å². The molecule has 1 atom stereocenters. The van der Waals surface area contributed by atoms with E-state index in [1.807, 2.05) is 0 Å². The van der Waals surface area contributed by atoms with E-state index in [4.69, 9.17) is 0 Å². The molecule has 20 heavy (non-hydrogen) atoms. The first-order valence-electron chi connectivity index (χ1n) is 7.60. The Bertz CT molecular complexity index is 451. The van der Waals surface area contributed by atoms with Crippen molar-refractivity contribution in [3.8, 4) is 0 Å². The van der Waals surface area contributed by atoms with Gasteiger partial charge in [-0.3, -0.25) is 0 Å². The fraction of sp³-hybridized carbons (Fsp3) is 0.647. The zero-order valence-electron chi connectivity index (χ0n) is 13.8. The van der Waals surface area contributed by atoms with Crippen molar-refractivity contribution in [3.63, 3.8) is 0 Å². The van der Waals surface area contributed by atoms with Crippen LogP contribution in [0.1, 0.15) is 27.7 Å². The van der Waals surface area contributed by atoms with E-state index in [2.05, 4.69) is 81.2 Å². The Labute approximate surface area is 124 Å². The minimum Gasteiger partial charge on any atom is -0.376 e. The Hall–Kier alpha value is -1.22. The molecule has 3 heteroatoms. The highest BCUT2D eigenvalue weighted by atomic mass is 15.3. The highest BCUT2D eigenvalue weighted by molar-refractivity contribution is 5.71. The number of benzene rings is 1. The fourth-order valence-electron chi connectivity index (χ4n) is 3.03. The smallest absolute Gasteiger partial charge is 0.0607 e. The summed E-state index contributed by atoms with van der Waals surface area (Å²) in [6.45, 7) is 11.3. The van der Waals surface area contributed by atoms with Crippen molar-refractivity contribution in [1.29, 1.82) is 0 Å². The van der Waals surface area contributed by atoms with Crippen LogP contribution >= 0.6 is 0 Å². The van der Waals surface area contributed by atoms with Crippen LogP contribution in [0.4, 0.5) is 11.4 Å². The molecule has 3 nitrogen and oxygen atoms in total. The lowest BCUT2D eigenvalue weighted by Crippen LogP contribution is -2.63. The van der Waals surface area contributed by atoms with E-state index in [9.17, 15) is 0 Å². The minimum atomic E-state index is 0.158. The summed E-state index contributed by atoms with van der Waals surface area (Å²) in [5.74, 6) is 0.633. The molecule has 0 saturated carbocycles. The topological polar surface area (TPSA) is 18.5 Å². The second-order valence-electron chi connectivity index (χ2n) is 7.09. The van der Waals surface area contributed by atoms with Crippen LogP contribution in [0.15, 0.2) is 24.3 Å². The number of hydrogen-bond donors (Lipinski definition) is 1. The monoisotopic (exact) mass is 275 g/mol. The Kier molecular flexibility index (Phi) is 4.28. The van der Waals surface area contributed by atoms with Crippen molar-refractivity contribution in [2.75, 3.05) is 37.0 Å². The maximum absolute atomic E-state index is 3.68. The number of hydrogen-bond acceptors (Lipinski definition) is 3. The molecule has 112 valence electrons. The summed E-state index contributed by atoms with van der Waals surface area (Å²) in [7, 11) is 4.24. The van der Waals surface area contributed by atoms with Crippen LogP contribution in [0, 0.1) is 5.92 Å². The van der Waals surface area contributed by atoms with Gasteiger partial charge in [0.1, 0.15) is 0 Å². The van der Waals surface area contributed by atoms with E-state index in [0.717, 1.165) is 13.1 Å². The third-order valence-corrected chi connectivity index (χ3v) is 4.20. The van der Waals surface area contributed by atoms with E-state index in [1.165, 1.54) is 11.4 Å². The van der Waals surface area contributed by atoms with Crippen LogP contribution in [0.2, 0.25) is 0 Å². The van der Waals surface area contributed by atoms with Gasteiger partial charge in [0.25, 0.3) is 0 Å². The molecule has 1 aromatic rings. The normalized spacial score (nSPS) is 22.1. The van der Waals surface area contributed by atoms with Gasteiger partial charge in [0.2, 0.25) is 0 Å². The van der Waals surface area contributed by atoms with E-state index in [-0.39, 0.29) is 5.54 Å². The molecule has 0 aliphatic carbocycles. The second-order valence-corrected chi connectivity index (χ2v) is 7.09. The molecule has 1 aliphatic rings. The lowest BCUT2D eigenvalue weighted by molar-refractivity contribution is 0.277. The van der Waals surface area contributed by atoms with E-state index in [1.54, 1.807) is 0 Å². The average Bonchev–Trinajstić information content (AvgIpc) is 2.37. The number of nitrogens with one attached hydrogen (secondary N) is 1. The van der Waals surface area contributed by atoms with Crippen molar-refractivity contribution in [3.05, 3.63) is 24.3 Å². The van der Waals surface area contributed by atoms with Crippen LogP contribution in [0.25, 0.3) is 0 Å². The van der Waals surface area contributed by atoms with Crippen molar-refractivity contribution in [2.24, 2.45) is 5.92 Å². The van der Waals surface area contributed by atoms with Gasteiger partial charge in [-0.05, 0) is 31.9 Å². The zero-order chi connectivity index (χ0) is 14.9. The average molecular weight is 275 g/mol. The van der Waals surface area contributed by atoms with Crippen molar-refractivity contribution < 1.29 is 0 Å². The summed E-state index contributed by atoms with van der Waals surface area (Å²) in [5, 5.41) is 3.68. The van der Waals surface area contributed by atoms with Crippen LogP contribution in [-0.4, -0.2) is 38.8 Å². The first kappa shape index (κ1) is 15.2. The standard InChI is InChI=1S/C17H29N3/c1-13(2)16-11-18-17(3,4)12-20(16)15-10-8-7-9-14(15)19(5)6/h7-10,13,16,18H,11-12H2,1-6H3. The summed E-state index contributed by atoms with van der Waals surface area (Å²) in [6.07, 6.45) is 0.